The highest BCUT2D eigenvalue weighted by Crippen LogP contribution is 2.29. The van der Waals surface area contributed by atoms with Crippen molar-refractivity contribution in [2.24, 2.45) is 0 Å². The lowest BCUT2D eigenvalue weighted by Crippen LogP contribution is -2.46. The van der Waals surface area contributed by atoms with Gasteiger partial charge in [0, 0.05) is 13.0 Å². The molecule has 0 spiro atoms. The molecule has 26 heavy (non-hydrogen) atoms. The van der Waals surface area contributed by atoms with Gasteiger partial charge in [0.1, 0.15) is 5.75 Å². The molecular formula is C20H25NO4S. The maximum atomic E-state index is 12.6. The lowest BCUT2D eigenvalue weighted by molar-refractivity contribution is 0.0317. The van der Waals surface area contributed by atoms with Crippen molar-refractivity contribution in [2.45, 2.75) is 43.6 Å². The van der Waals surface area contributed by atoms with Crippen LogP contribution in [0.25, 0.3) is 0 Å². The highest BCUT2D eigenvalue weighted by molar-refractivity contribution is 7.89. The Morgan fingerprint density at radius 1 is 1.19 bits per heavy atom. The van der Waals surface area contributed by atoms with Crippen molar-refractivity contribution in [1.82, 2.24) is 4.72 Å². The molecule has 0 unspecified atom stereocenters. The first kappa shape index (κ1) is 18.9. The number of hydrogen-bond acceptors (Lipinski definition) is 4. The highest BCUT2D eigenvalue weighted by atomic mass is 32.2. The Bertz CT molecular complexity index is 894. The number of sulfonamides is 1. The van der Waals surface area contributed by atoms with Gasteiger partial charge in [-0.25, -0.2) is 13.1 Å². The van der Waals surface area contributed by atoms with Gasteiger partial charge in [-0.3, -0.25) is 0 Å². The van der Waals surface area contributed by atoms with Crippen LogP contribution in [0.2, 0.25) is 0 Å². The number of hydrogen-bond donors (Lipinski definition) is 2. The Hall–Kier alpha value is -1.89. The highest BCUT2D eigenvalue weighted by Gasteiger charge is 2.33. The third kappa shape index (κ3) is 4.09. The lowest BCUT2D eigenvalue weighted by atomic mass is 9.80. The molecule has 2 aromatic carbocycles. The zero-order valence-corrected chi connectivity index (χ0v) is 16.0. The summed E-state index contributed by atoms with van der Waals surface area (Å²) in [6, 6.07) is 12.8. The van der Waals surface area contributed by atoms with E-state index in [1.807, 2.05) is 32.0 Å². The van der Waals surface area contributed by atoms with E-state index >= 15 is 0 Å². The van der Waals surface area contributed by atoms with Crippen LogP contribution in [0.1, 0.15) is 30.0 Å². The van der Waals surface area contributed by atoms with E-state index in [0.717, 1.165) is 17.5 Å². The van der Waals surface area contributed by atoms with Crippen LogP contribution < -0.4 is 9.46 Å². The summed E-state index contributed by atoms with van der Waals surface area (Å²) in [4.78, 5) is 0.179. The van der Waals surface area contributed by atoms with Crippen LogP contribution in [-0.2, 0) is 22.9 Å². The summed E-state index contributed by atoms with van der Waals surface area (Å²) in [7, 11) is -3.69. The number of ether oxygens (including phenoxy) is 1. The molecule has 2 aromatic rings. The molecule has 0 radical (unpaired) electrons. The van der Waals surface area contributed by atoms with Crippen LogP contribution >= 0.6 is 0 Å². The second-order valence-corrected chi connectivity index (χ2v) is 8.62. The average molecular weight is 375 g/mol. The van der Waals surface area contributed by atoms with E-state index in [2.05, 4.69) is 10.8 Å². The first-order chi connectivity index (χ1) is 12.3. The first-order valence-electron chi connectivity index (χ1n) is 8.85. The van der Waals surface area contributed by atoms with Gasteiger partial charge in [-0.2, -0.15) is 0 Å². The molecule has 140 valence electrons. The molecule has 6 heteroatoms. The van der Waals surface area contributed by atoms with E-state index in [0.29, 0.717) is 25.2 Å². The third-order valence-electron chi connectivity index (χ3n) is 4.85. The van der Waals surface area contributed by atoms with Crippen molar-refractivity contribution in [3.63, 3.8) is 0 Å². The van der Waals surface area contributed by atoms with Gasteiger partial charge in [-0.05, 0) is 61.6 Å². The van der Waals surface area contributed by atoms with Crippen LogP contribution in [0.3, 0.4) is 0 Å². The van der Waals surface area contributed by atoms with Gasteiger partial charge in [0.15, 0.2) is 0 Å². The Balaban J connectivity index is 1.71. The Morgan fingerprint density at radius 2 is 1.92 bits per heavy atom. The minimum atomic E-state index is -3.69. The van der Waals surface area contributed by atoms with Crippen LogP contribution in [0.15, 0.2) is 47.4 Å². The molecule has 0 aliphatic heterocycles. The lowest BCUT2D eigenvalue weighted by Gasteiger charge is -2.33. The summed E-state index contributed by atoms with van der Waals surface area (Å²) >= 11 is 0. The van der Waals surface area contributed by atoms with E-state index in [-0.39, 0.29) is 11.4 Å². The molecular weight excluding hydrogens is 350 g/mol. The van der Waals surface area contributed by atoms with Gasteiger partial charge in [0.25, 0.3) is 0 Å². The monoisotopic (exact) mass is 375 g/mol. The standard InChI is InChI=1S/C20H25NO4S/c1-3-25-19-9-8-18(12-15(19)2)26(23,24)21-14-20(22)11-10-16-6-4-5-7-17(16)13-20/h4-9,12,21-22H,3,10-11,13-14H2,1-2H3/t20-/m0/s1. The Kier molecular flexibility index (Phi) is 5.37. The van der Waals surface area contributed by atoms with E-state index in [1.54, 1.807) is 12.1 Å². The Morgan fingerprint density at radius 3 is 2.62 bits per heavy atom. The third-order valence-corrected chi connectivity index (χ3v) is 6.24. The zero-order chi connectivity index (χ0) is 18.8. The molecule has 0 heterocycles. The molecule has 0 aromatic heterocycles. The van der Waals surface area contributed by atoms with Gasteiger partial charge >= 0.3 is 0 Å². The van der Waals surface area contributed by atoms with Crippen molar-refractivity contribution in [3.05, 3.63) is 59.2 Å². The van der Waals surface area contributed by atoms with Gasteiger partial charge in [-0.15, -0.1) is 0 Å². The maximum Gasteiger partial charge on any atom is 0.240 e. The normalized spacial score (nSPS) is 19.8. The number of rotatable bonds is 6. The smallest absolute Gasteiger partial charge is 0.240 e. The fraction of sp³-hybridized carbons (Fsp3) is 0.400. The molecule has 2 N–H and O–H groups in total. The van der Waals surface area contributed by atoms with Crippen molar-refractivity contribution < 1.29 is 18.3 Å². The van der Waals surface area contributed by atoms with E-state index < -0.39 is 15.6 Å². The van der Waals surface area contributed by atoms with Crippen molar-refractivity contribution in [2.75, 3.05) is 13.2 Å². The van der Waals surface area contributed by atoms with Crippen LogP contribution in [0.5, 0.6) is 5.75 Å². The fourth-order valence-corrected chi connectivity index (χ4v) is 4.56. The predicted octanol–water partition coefficient (Wildman–Crippen LogP) is 2.59. The number of benzene rings is 2. The largest absolute Gasteiger partial charge is 0.494 e. The van der Waals surface area contributed by atoms with E-state index in [9.17, 15) is 13.5 Å². The second-order valence-electron chi connectivity index (χ2n) is 6.85. The molecule has 0 saturated heterocycles. The van der Waals surface area contributed by atoms with Crippen LogP contribution in [0, 0.1) is 6.92 Å². The minimum Gasteiger partial charge on any atom is -0.494 e. The maximum absolute atomic E-state index is 12.6. The second kappa shape index (κ2) is 7.39. The fourth-order valence-electron chi connectivity index (χ4n) is 3.35. The quantitative estimate of drug-likeness (QED) is 0.814. The molecule has 0 saturated carbocycles. The van der Waals surface area contributed by atoms with Crippen molar-refractivity contribution in [3.8, 4) is 5.75 Å². The number of nitrogens with one attached hydrogen (secondary N) is 1. The molecule has 1 atom stereocenters. The van der Waals surface area contributed by atoms with E-state index in [1.165, 1.54) is 11.6 Å². The topological polar surface area (TPSA) is 75.6 Å². The molecule has 5 nitrogen and oxygen atoms in total. The zero-order valence-electron chi connectivity index (χ0n) is 15.2. The molecule has 0 amide bonds. The summed E-state index contributed by atoms with van der Waals surface area (Å²) in [5.74, 6) is 0.675. The predicted molar refractivity (Wildman–Crippen MR) is 101 cm³/mol. The number of fused-ring (bicyclic) bond motifs is 1. The minimum absolute atomic E-state index is 0.00404. The van der Waals surface area contributed by atoms with Gasteiger partial charge in [0.2, 0.25) is 10.0 Å². The van der Waals surface area contributed by atoms with Crippen molar-refractivity contribution >= 4 is 10.0 Å². The SMILES string of the molecule is CCOc1ccc(S(=O)(=O)NC[C@]2(O)CCc3ccccc3C2)cc1C. The summed E-state index contributed by atoms with van der Waals surface area (Å²) in [5, 5.41) is 10.8. The molecule has 3 rings (SSSR count). The van der Waals surface area contributed by atoms with E-state index in [4.69, 9.17) is 4.74 Å². The number of aliphatic hydroxyl groups is 1. The summed E-state index contributed by atoms with van der Waals surface area (Å²) in [6.07, 6.45) is 1.74. The number of aryl methyl sites for hydroxylation is 2. The molecule has 0 bridgehead atoms. The van der Waals surface area contributed by atoms with Gasteiger partial charge in [-0.1, -0.05) is 24.3 Å². The summed E-state index contributed by atoms with van der Waals surface area (Å²) in [6.45, 7) is 4.22. The summed E-state index contributed by atoms with van der Waals surface area (Å²) in [5.41, 5.74) is 2.00. The van der Waals surface area contributed by atoms with Gasteiger partial charge < -0.3 is 9.84 Å². The Labute approximate surface area is 155 Å². The molecule has 1 aliphatic carbocycles. The van der Waals surface area contributed by atoms with Gasteiger partial charge in [0.05, 0.1) is 17.1 Å². The summed E-state index contributed by atoms with van der Waals surface area (Å²) < 4.78 is 33.3. The molecule has 1 aliphatic rings. The van der Waals surface area contributed by atoms with Crippen molar-refractivity contribution in [1.29, 1.82) is 0 Å². The van der Waals surface area contributed by atoms with Crippen LogP contribution in [-0.4, -0.2) is 32.3 Å². The first-order valence-corrected chi connectivity index (χ1v) is 10.3. The molecule has 0 fully saturated rings. The average Bonchev–Trinajstić information content (AvgIpc) is 2.62. The van der Waals surface area contributed by atoms with Crippen LogP contribution in [0.4, 0.5) is 0 Å².